The number of alkyl carbamates (subject to hydrolysis) is 1. The second kappa shape index (κ2) is 15.8. The molecule has 2 aromatic carbocycles. The van der Waals surface area contributed by atoms with E-state index in [4.69, 9.17) is 11.2 Å². The molecule has 0 fully saturated rings. The molecule has 3 amide bonds. The van der Waals surface area contributed by atoms with Crippen LogP contribution in [-0.4, -0.2) is 53.0 Å². The molecule has 0 heterocycles. The smallest absolute Gasteiger partial charge is 0.408 e. The Hall–Kier alpha value is -3.44. The predicted octanol–water partition coefficient (Wildman–Crippen LogP) is 5.30. The molecular formula is C31H41N3O4S. The van der Waals surface area contributed by atoms with E-state index in [0.29, 0.717) is 42.8 Å². The van der Waals surface area contributed by atoms with Crippen LogP contribution in [0.3, 0.4) is 0 Å². The van der Waals surface area contributed by atoms with Gasteiger partial charge in [-0.1, -0.05) is 67.8 Å². The minimum atomic E-state index is -0.975. The predicted molar refractivity (Wildman–Crippen MR) is 158 cm³/mol. The summed E-state index contributed by atoms with van der Waals surface area (Å²) in [6, 6.07) is 14.9. The van der Waals surface area contributed by atoms with E-state index in [1.807, 2.05) is 43.5 Å². The summed E-state index contributed by atoms with van der Waals surface area (Å²) in [6.45, 7) is 7.94. The van der Waals surface area contributed by atoms with Gasteiger partial charge in [0.1, 0.15) is 17.7 Å². The van der Waals surface area contributed by atoms with Crippen LogP contribution in [0.4, 0.5) is 4.79 Å². The number of rotatable bonds is 13. The quantitative estimate of drug-likeness (QED) is 0.330. The van der Waals surface area contributed by atoms with Gasteiger partial charge in [-0.3, -0.25) is 9.59 Å². The number of carbonyl (C=O) groups excluding carboxylic acids is 3. The molecule has 8 heteroatoms. The van der Waals surface area contributed by atoms with Gasteiger partial charge in [-0.15, -0.1) is 6.42 Å². The zero-order chi connectivity index (χ0) is 28.8. The fourth-order valence-corrected chi connectivity index (χ4v) is 4.51. The van der Waals surface area contributed by atoms with Crippen molar-refractivity contribution in [1.29, 1.82) is 0 Å². The lowest BCUT2D eigenvalue weighted by Gasteiger charge is -2.35. The maximum atomic E-state index is 14.2. The van der Waals surface area contributed by atoms with Crippen molar-refractivity contribution in [3.8, 4) is 12.3 Å². The number of benzene rings is 2. The van der Waals surface area contributed by atoms with Crippen molar-refractivity contribution in [3.63, 3.8) is 0 Å². The highest BCUT2D eigenvalue weighted by atomic mass is 32.2. The van der Waals surface area contributed by atoms with Crippen LogP contribution >= 0.6 is 11.8 Å². The van der Waals surface area contributed by atoms with E-state index in [-0.39, 0.29) is 11.8 Å². The fourth-order valence-electron chi connectivity index (χ4n) is 4.04. The molecule has 2 unspecified atom stereocenters. The maximum absolute atomic E-state index is 14.2. The molecule has 0 spiro atoms. The molecule has 0 saturated heterocycles. The van der Waals surface area contributed by atoms with Crippen molar-refractivity contribution in [2.45, 2.75) is 71.2 Å². The largest absolute Gasteiger partial charge is 0.444 e. The molecule has 0 bridgehead atoms. The molecule has 7 nitrogen and oxygen atoms in total. The Morgan fingerprint density at radius 3 is 2.36 bits per heavy atom. The first-order valence-electron chi connectivity index (χ1n) is 13.3. The van der Waals surface area contributed by atoms with Crippen molar-refractivity contribution in [1.82, 2.24) is 15.5 Å². The summed E-state index contributed by atoms with van der Waals surface area (Å²) < 4.78 is 5.44. The first-order chi connectivity index (χ1) is 18.6. The van der Waals surface area contributed by atoms with Crippen LogP contribution in [0.5, 0.6) is 0 Å². The Balaban J connectivity index is 2.50. The number of carbonyl (C=O) groups is 3. The fraction of sp³-hybridized carbons (Fsp3) is 0.452. The summed E-state index contributed by atoms with van der Waals surface area (Å²) in [5, 5.41) is 5.76. The van der Waals surface area contributed by atoms with Crippen LogP contribution < -0.4 is 10.6 Å². The maximum Gasteiger partial charge on any atom is 0.408 e. The number of thioether (sulfide) groups is 1. The number of hydrogen-bond acceptors (Lipinski definition) is 5. The topological polar surface area (TPSA) is 87.7 Å². The first-order valence-corrected chi connectivity index (χ1v) is 14.7. The van der Waals surface area contributed by atoms with Crippen LogP contribution in [-0.2, 0) is 20.9 Å². The van der Waals surface area contributed by atoms with Crippen LogP contribution in [0.25, 0.3) is 0 Å². The third-order valence-electron chi connectivity index (χ3n) is 5.92. The van der Waals surface area contributed by atoms with E-state index in [2.05, 4.69) is 16.6 Å². The lowest BCUT2D eigenvalue weighted by Crippen LogP contribution is -2.53. The van der Waals surface area contributed by atoms with Gasteiger partial charge in [-0.2, -0.15) is 11.8 Å². The van der Waals surface area contributed by atoms with E-state index >= 15 is 0 Å². The molecule has 0 radical (unpaired) electrons. The Morgan fingerprint density at radius 2 is 1.74 bits per heavy atom. The van der Waals surface area contributed by atoms with Gasteiger partial charge in [0.25, 0.3) is 0 Å². The van der Waals surface area contributed by atoms with Gasteiger partial charge >= 0.3 is 6.09 Å². The number of nitrogens with zero attached hydrogens (tertiary/aromatic N) is 1. The molecule has 0 aromatic heterocycles. The van der Waals surface area contributed by atoms with Gasteiger partial charge in [0.2, 0.25) is 11.8 Å². The SMILES string of the molecule is C#Cc1ccccc1C(C(=O)NCc1ccccc1)N(CCCC)C(=O)C(CCSC)NC(=O)OC(C)(C)C. The Labute approximate surface area is 237 Å². The van der Waals surface area contributed by atoms with Gasteiger partial charge in [0, 0.05) is 18.7 Å². The third-order valence-corrected chi connectivity index (χ3v) is 6.56. The molecule has 0 aliphatic heterocycles. The molecule has 0 aliphatic rings. The number of unbranched alkanes of at least 4 members (excludes halogenated alkanes) is 1. The second-order valence-corrected chi connectivity index (χ2v) is 11.2. The lowest BCUT2D eigenvalue weighted by molar-refractivity contribution is -0.142. The highest BCUT2D eigenvalue weighted by Crippen LogP contribution is 2.27. The lowest BCUT2D eigenvalue weighted by atomic mass is 9.97. The normalized spacial score (nSPS) is 12.5. The zero-order valence-electron chi connectivity index (χ0n) is 23.7. The van der Waals surface area contributed by atoms with Gasteiger partial charge in [0.05, 0.1) is 0 Å². The number of terminal acetylenes is 1. The third kappa shape index (κ3) is 10.3. The van der Waals surface area contributed by atoms with E-state index in [0.717, 1.165) is 12.0 Å². The summed E-state index contributed by atoms with van der Waals surface area (Å²) in [5.41, 5.74) is 1.32. The summed E-state index contributed by atoms with van der Waals surface area (Å²) in [7, 11) is 0. The zero-order valence-corrected chi connectivity index (χ0v) is 24.5. The Kier molecular flexibility index (Phi) is 12.9. The molecule has 2 N–H and O–H groups in total. The minimum Gasteiger partial charge on any atom is -0.444 e. The van der Waals surface area contributed by atoms with E-state index in [1.165, 1.54) is 0 Å². The molecule has 2 rings (SSSR count). The van der Waals surface area contributed by atoms with E-state index in [9.17, 15) is 14.4 Å². The molecule has 0 aliphatic carbocycles. The number of amides is 3. The molecule has 2 atom stereocenters. The first kappa shape index (κ1) is 31.8. The van der Waals surface area contributed by atoms with Gasteiger partial charge < -0.3 is 20.3 Å². The monoisotopic (exact) mass is 551 g/mol. The number of nitrogens with one attached hydrogen (secondary N) is 2. The van der Waals surface area contributed by atoms with Crippen LogP contribution in [0, 0.1) is 12.3 Å². The Morgan fingerprint density at radius 1 is 1.08 bits per heavy atom. The van der Waals surface area contributed by atoms with Crippen LogP contribution in [0.1, 0.15) is 69.7 Å². The van der Waals surface area contributed by atoms with E-state index in [1.54, 1.807) is 61.7 Å². The standard InChI is InChI=1S/C31H41N3O4S/c1-7-9-20-34(29(36)26(19-21-39-6)33-30(37)38-31(3,4)5)27(25-18-14-13-17-24(25)8-2)28(35)32-22-23-15-11-10-12-16-23/h2,10-18,26-27H,7,9,19-22H2,1,3-6H3,(H,32,35)(H,33,37). The average Bonchev–Trinajstić information content (AvgIpc) is 2.91. The number of hydrogen-bond donors (Lipinski definition) is 2. The van der Waals surface area contributed by atoms with Crippen molar-refractivity contribution in [2.24, 2.45) is 0 Å². The summed E-state index contributed by atoms with van der Waals surface area (Å²) in [4.78, 5) is 42.3. The molecule has 39 heavy (non-hydrogen) atoms. The van der Waals surface area contributed by atoms with Crippen LogP contribution in [0.15, 0.2) is 54.6 Å². The van der Waals surface area contributed by atoms with Gasteiger partial charge in [-0.25, -0.2) is 4.79 Å². The van der Waals surface area contributed by atoms with Crippen LogP contribution in [0.2, 0.25) is 0 Å². The van der Waals surface area contributed by atoms with Gasteiger partial charge in [-0.05, 0) is 62.8 Å². The summed E-state index contributed by atoms with van der Waals surface area (Å²) >= 11 is 1.57. The Bertz CT molecular complexity index is 1120. The van der Waals surface area contributed by atoms with Crippen molar-refractivity contribution in [3.05, 3.63) is 71.3 Å². The molecule has 2 aromatic rings. The summed E-state index contributed by atoms with van der Waals surface area (Å²) in [6.07, 6.45) is 8.96. The number of ether oxygens (including phenoxy) is 1. The van der Waals surface area contributed by atoms with Crippen molar-refractivity contribution < 1.29 is 19.1 Å². The highest BCUT2D eigenvalue weighted by molar-refractivity contribution is 7.98. The van der Waals surface area contributed by atoms with E-state index < -0.39 is 23.8 Å². The summed E-state index contributed by atoms with van der Waals surface area (Å²) in [5.74, 6) is 2.61. The average molecular weight is 552 g/mol. The van der Waals surface area contributed by atoms with Gasteiger partial charge in [0.15, 0.2) is 0 Å². The molecule has 210 valence electrons. The molecule has 0 saturated carbocycles. The minimum absolute atomic E-state index is 0.302. The second-order valence-electron chi connectivity index (χ2n) is 10.2. The van der Waals surface area contributed by atoms with Crippen molar-refractivity contribution >= 4 is 29.7 Å². The highest BCUT2D eigenvalue weighted by Gasteiger charge is 2.36. The molecular weight excluding hydrogens is 510 g/mol. The van der Waals surface area contributed by atoms with Crippen molar-refractivity contribution in [2.75, 3.05) is 18.6 Å².